The molecule has 0 aliphatic heterocycles. The van der Waals surface area contributed by atoms with Crippen molar-refractivity contribution in [2.75, 3.05) is 20.0 Å². The summed E-state index contributed by atoms with van der Waals surface area (Å²) in [7, 11) is -0.794. The minimum Gasteiger partial charge on any atom is -0.493 e. The van der Waals surface area contributed by atoms with Gasteiger partial charge in [-0.25, -0.2) is 8.42 Å². The fourth-order valence-corrected chi connectivity index (χ4v) is 3.05. The molecule has 1 N–H and O–H groups in total. The minimum absolute atomic E-state index is 0.0440. The number of nitrogens with one attached hydrogen (secondary N) is 1. The lowest BCUT2D eigenvalue weighted by molar-refractivity contribution is -0.121. The van der Waals surface area contributed by atoms with Crippen LogP contribution in [0.5, 0.6) is 11.5 Å². The highest BCUT2D eigenvalue weighted by Gasteiger charge is 2.22. The number of nitriles is 1. The second-order valence-corrected chi connectivity index (χ2v) is 7.48. The molecule has 0 saturated heterocycles. The lowest BCUT2D eigenvalue weighted by Gasteiger charge is -2.17. The van der Waals surface area contributed by atoms with E-state index in [1.165, 1.54) is 46.3 Å². The SMILES string of the molecule is COc1ccc(S(=O)(=O)CCC(=O)NC(C)(C)C#N)cc1OC. The Morgan fingerprint density at radius 2 is 1.87 bits per heavy atom. The number of ether oxygens (including phenoxy) is 2. The average Bonchev–Trinajstić information content (AvgIpc) is 2.52. The molecular formula is C15H20N2O5S. The van der Waals surface area contributed by atoms with E-state index in [1.54, 1.807) is 0 Å². The van der Waals surface area contributed by atoms with Crippen molar-refractivity contribution in [1.82, 2.24) is 5.32 Å². The predicted octanol–water partition coefficient (Wildman–Crippen LogP) is 1.29. The van der Waals surface area contributed by atoms with Crippen LogP contribution in [0.25, 0.3) is 0 Å². The first-order valence-corrected chi connectivity index (χ1v) is 8.47. The van der Waals surface area contributed by atoms with Crippen LogP contribution in [0.3, 0.4) is 0 Å². The highest BCUT2D eigenvalue weighted by atomic mass is 32.2. The van der Waals surface area contributed by atoms with Crippen LogP contribution in [0.2, 0.25) is 0 Å². The molecule has 0 aliphatic carbocycles. The van der Waals surface area contributed by atoms with E-state index in [0.29, 0.717) is 11.5 Å². The number of carbonyl (C=O) groups is 1. The van der Waals surface area contributed by atoms with Gasteiger partial charge in [0.2, 0.25) is 5.91 Å². The molecule has 0 atom stereocenters. The van der Waals surface area contributed by atoms with Crippen molar-refractivity contribution in [3.05, 3.63) is 18.2 Å². The normalized spacial score (nSPS) is 11.4. The lowest BCUT2D eigenvalue weighted by Crippen LogP contribution is -2.42. The van der Waals surface area contributed by atoms with E-state index >= 15 is 0 Å². The summed E-state index contributed by atoms with van der Waals surface area (Å²) < 4.78 is 34.7. The van der Waals surface area contributed by atoms with E-state index in [2.05, 4.69) is 5.32 Å². The minimum atomic E-state index is -3.65. The average molecular weight is 340 g/mol. The largest absolute Gasteiger partial charge is 0.493 e. The summed E-state index contributed by atoms with van der Waals surface area (Å²) in [6, 6.07) is 6.16. The summed E-state index contributed by atoms with van der Waals surface area (Å²) in [5.74, 6) is -0.153. The number of methoxy groups -OCH3 is 2. The van der Waals surface area contributed by atoms with Crippen molar-refractivity contribution in [2.45, 2.75) is 30.7 Å². The maximum Gasteiger partial charge on any atom is 0.222 e. The first-order valence-electron chi connectivity index (χ1n) is 6.82. The molecule has 0 fully saturated rings. The standard InChI is InChI=1S/C15H20N2O5S/c1-15(2,10-16)17-14(18)7-8-23(19,20)11-5-6-12(21-3)13(9-11)22-4/h5-6,9H,7-8H2,1-4H3,(H,17,18). The maximum absolute atomic E-state index is 12.3. The highest BCUT2D eigenvalue weighted by molar-refractivity contribution is 7.91. The Kier molecular flexibility index (Phi) is 5.98. The third-order valence-electron chi connectivity index (χ3n) is 3.04. The van der Waals surface area contributed by atoms with Crippen LogP contribution in [-0.2, 0) is 14.6 Å². The van der Waals surface area contributed by atoms with Crippen LogP contribution in [0.4, 0.5) is 0 Å². The van der Waals surface area contributed by atoms with E-state index in [1.807, 2.05) is 6.07 Å². The summed E-state index contributed by atoms with van der Waals surface area (Å²) in [5.41, 5.74) is -1.04. The van der Waals surface area contributed by atoms with Gasteiger partial charge in [-0.05, 0) is 26.0 Å². The van der Waals surface area contributed by atoms with Gasteiger partial charge in [0.1, 0.15) is 5.54 Å². The Morgan fingerprint density at radius 1 is 1.26 bits per heavy atom. The van der Waals surface area contributed by atoms with E-state index in [4.69, 9.17) is 14.7 Å². The molecule has 1 aromatic rings. The van der Waals surface area contributed by atoms with Crippen LogP contribution in [0, 0.1) is 11.3 Å². The molecule has 23 heavy (non-hydrogen) atoms. The van der Waals surface area contributed by atoms with Gasteiger partial charge in [0, 0.05) is 12.5 Å². The van der Waals surface area contributed by atoms with Crippen LogP contribution in [-0.4, -0.2) is 39.8 Å². The van der Waals surface area contributed by atoms with E-state index in [0.717, 1.165) is 0 Å². The molecule has 0 aliphatic rings. The molecule has 8 heteroatoms. The topological polar surface area (TPSA) is 105 Å². The first kappa shape index (κ1) is 18.8. The van der Waals surface area contributed by atoms with E-state index in [-0.39, 0.29) is 17.1 Å². The van der Waals surface area contributed by atoms with Gasteiger partial charge in [-0.2, -0.15) is 5.26 Å². The Hall–Kier alpha value is -2.27. The van der Waals surface area contributed by atoms with E-state index in [9.17, 15) is 13.2 Å². The maximum atomic E-state index is 12.3. The zero-order valence-electron chi connectivity index (χ0n) is 13.5. The van der Waals surface area contributed by atoms with Gasteiger partial charge in [0.05, 0.1) is 30.9 Å². The number of sulfone groups is 1. The number of carbonyl (C=O) groups excluding carboxylic acids is 1. The first-order chi connectivity index (χ1) is 10.6. The van der Waals surface area contributed by atoms with Crippen LogP contribution in [0.1, 0.15) is 20.3 Å². The Labute approximate surface area is 136 Å². The van der Waals surface area contributed by atoms with Crippen molar-refractivity contribution in [2.24, 2.45) is 0 Å². The number of hydrogen-bond donors (Lipinski definition) is 1. The summed E-state index contributed by atoms with van der Waals surface area (Å²) in [5, 5.41) is 11.3. The number of nitrogens with zero attached hydrogens (tertiary/aromatic N) is 1. The highest BCUT2D eigenvalue weighted by Crippen LogP contribution is 2.29. The summed E-state index contributed by atoms with van der Waals surface area (Å²) in [6.45, 7) is 3.07. The number of hydrogen-bond acceptors (Lipinski definition) is 6. The quantitative estimate of drug-likeness (QED) is 0.801. The third kappa shape index (κ3) is 5.14. The molecule has 0 saturated carbocycles. The molecule has 1 aromatic carbocycles. The monoisotopic (exact) mass is 340 g/mol. The lowest BCUT2D eigenvalue weighted by atomic mass is 10.1. The van der Waals surface area contributed by atoms with Gasteiger partial charge >= 0.3 is 0 Å². The molecular weight excluding hydrogens is 320 g/mol. The van der Waals surface area contributed by atoms with E-state index < -0.39 is 21.3 Å². The fraction of sp³-hybridized carbons (Fsp3) is 0.467. The zero-order chi connectivity index (χ0) is 17.7. The molecule has 0 spiro atoms. The van der Waals surface area contributed by atoms with Crippen LogP contribution >= 0.6 is 0 Å². The smallest absolute Gasteiger partial charge is 0.222 e. The predicted molar refractivity (Wildman–Crippen MR) is 84.1 cm³/mol. The molecule has 0 unspecified atom stereocenters. The summed E-state index contributed by atoms with van der Waals surface area (Å²) in [6.07, 6.45) is -0.234. The van der Waals surface area contributed by atoms with Gasteiger partial charge in [0.15, 0.2) is 21.3 Å². The third-order valence-corrected chi connectivity index (χ3v) is 4.76. The number of rotatable bonds is 7. The molecule has 7 nitrogen and oxygen atoms in total. The Bertz CT molecular complexity index is 720. The van der Waals surface area contributed by atoms with Gasteiger partial charge < -0.3 is 14.8 Å². The van der Waals surface area contributed by atoms with Gasteiger partial charge in [-0.3, -0.25) is 4.79 Å². The second kappa shape index (κ2) is 7.33. The molecule has 1 amide bonds. The zero-order valence-corrected chi connectivity index (χ0v) is 14.4. The van der Waals surface area contributed by atoms with Gasteiger partial charge in [-0.15, -0.1) is 0 Å². The van der Waals surface area contributed by atoms with Crippen molar-refractivity contribution >= 4 is 15.7 Å². The van der Waals surface area contributed by atoms with Gasteiger partial charge in [-0.1, -0.05) is 0 Å². The second-order valence-electron chi connectivity index (χ2n) is 5.37. The molecule has 0 heterocycles. The van der Waals surface area contributed by atoms with Gasteiger partial charge in [0.25, 0.3) is 0 Å². The summed E-state index contributed by atoms with van der Waals surface area (Å²) >= 11 is 0. The fourth-order valence-electron chi connectivity index (χ4n) is 1.79. The van der Waals surface area contributed by atoms with Crippen LogP contribution in [0.15, 0.2) is 23.1 Å². The van der Waals surface area contributed by atoms with Crippen molar-refractivity contribution < 1.29 is 22.7 Å². The summed E-state index contributed by atoms with van der Waals surface area (Å²) in [4.78, 5) is 11.8. The van der Waals surface area contributed by atoms with Crippen molar-refractivity contribution in [1.29, 1.82) is 5.26 Å². The number of benzene rings is 1. The molecule has 126 valence electrons. The molecule has 0 aromatic heterocycles. The molecule has 0 bridgehead atoms. The number of amides is 1. The Morgan fingerprint density at radius 3 is 2.39 bits per heavy atom. The Balaban J connectivity index is 2.85. The molecule has 0 radical (unpaired) electrons. The van der Waals surface area contributed by atoms with Crippen molar-refractivity contribution in [3.8, 4) is 17.6 Å². The molecule has 1 rings (SSSR count). The van der Waals surface area contributed by atoms with Crippen molar-refractivity contribution in [3.63, 3.8) is 0 Å². The van der Waals surface area contributed by atoms with Crippen LogP contribution < -0.4 is 14.8 Å².